The van der Waals surface area contributed by atoms with Crippen LogP contribution in [0, 0.1) is 20.8 Å². The number of anilines is 1. The minimum atomic E-state index is -0.378. The van der Waals surface area contributed by atoms with E-state index < -0.39 is 0 Å². The lowest BCUT2D eigenvalue weighted by molar-refractivity contribution is -0.170. The minimum Gasteiger partial charge on any atom is -0.455 e. The molecule has 25 heavy (non-hydrogen) atoms. The first-order valence-electron chi connectivity index (χ1n) is 8.77. The first-order chi connectivity index (χ1) is 11.9. The van der Waals surface area contributed by atoms with Crippen molar-refractivity contribution >= 4 is 56.1 Å². The molecule has 0 saturated heterocycles. The fourth-order valence-electron chi connectivity index (χ4n) is 5.40. The van der Waals surface area contributed by atoms with Crippen LogP contribution in [-0.2, 0) is 14.3 Å². The first kappa shape index (κ1) is 17.8. The highest BCUT2D eigenvalue weighted by atomic mass is 127. The predicted octanol–water partition coefficient (Wildman–Crippen LogP) is 4.51. The number of hydrogen-bond donors (Lipinski definition) is 1. The number of ether oxygens (including phenoxy) is 1. The molecule has 2 unspecified atom stereocenters. The van der Waals surface area contributed by atoms with Crippen LogP contribution < -0.4 is 5.32 Å². The molecule has 4 saturated carbocycles. The summed E-state index contributed by atoms with van der Waals surface area (Å²) in [6.45, 7) is -0.211. The van der Waals surface area contributed by atoms with Crippen molar-refractivity contribution in [3.05, 3.63) is 27.8 Å². The van der Waals surface area contributed by atoms with Gasteiger partial charge in [-0.05, 0) is 97.2 Å². The van der Waals surface area contributed by atoms with Crippen LogP contribution in [0.5, 0.6) is 0 Å². The number of benzene rings is 1. The number of esters is 1. The highest BCUT2D eigenvalue weighted by molar-refractivity contribution is 14.1. The second kappa shape index (κ2) is 6.51. The van der Waals surface area contributed by atoms with E-state index in [4.69, 9.17) is 4.74 Å². The Hall–Kier alpha value is -0.630. The number of nitrogens with one attached hydrogen (secondary N) is 1. The topological polar surface area (TPSA) is 55.4 Å². The van der Waals surface area contributed by atoms with Crippen LogP contribution in [0.1, 0.15) is 38.5 Å². The molecule has 4 atom stereocenters. The third-order valence-electron chi connectivity index (χ3n) is 5.89. The average molecular weight is 518 g/mol. The Bertz CT molecular complexity index is 691. The zero-order chi connectivity index (χ0) is 17.7. The molecule has 4 bridgehead atoms. The molecule has 4 aliphatic rings. The van der Waals surface area contributed by atoms with Crippen molar-refractivity contribution in [3.63, 3.8) is 0 Å². The van der Waals surface area contributed by atoms with Crippen LogP contribution in [0.3, 0.4) is 0 Å². The molecule has 0 aromatic heterocycles. The van der Waals surface area contributed by atoms with Crippen LogP contribution in [0.4, 0.5) is 5.69 Å². The predicted molar refractivity (Wildman–Crippen MR) is 108 cm³/mol. The summed E-state index contributed by atoms with van der Waals surface area (Å²) in [5.74, 6) is 0.776. The van der Waals surface area contributed by atoms with E-state index in [-0.39, 0.29) is 28.2 Å². The van der Waals surface area contributed by atoms with Gasteiger partial charge in [-0.25, -0.2) is 0 Å². The molecular formula is C19H21BrINO3. The molecule has 0 heterocycles. The summed E-state index contributed by atoms with van der Waals surface area (Å²) in [5.41, 5.74) is 0.340. The van der Waals surface area contributed by atoms with Crippen molar-refractivity contribution in [2.45, 2.75) is 42.8 Å². The number of carbonyl (C=O) groups is 2. The third kappa shape index (κ3) is 3.61. The number of alkyl halides is 1. The fourth-order valence-corrected chi connectivity index (χ4v) is 7.22. The van der Waals surface area contributed by atoms with Gasteiger partial charge in [0.15, 0.2) is 6.61 Å². The van der Waals surface area contributed by atoms with Gasteiger partial charge in [0.1, 0.15) is 0 Å². The standard InChI is InChI=1S/C19H21BrINO3/c20-19-8-12-5-13(9-19)7-18(6-12,11-19)17(24)25-10-16(23)22-15-3-1-14(21)2-4-15/h1-4,12-13H,5-11H2,(H,22,23)/t12-,13+,18?,19?. The van der Waals surface area contributed by atoms with Crippen molar-refractivity contribution in [1.29, 1.82) is 0 Å². The SMILES string of the molecule is O=C(COC(=O)C12C[C@@H]3C[C@@H](CC(Br)(C3)C1)C2)Nc1ccc(I)cc1. The van der Waals surface area contributed by atoms with E-state index in [2.05, 4.69) is 43.8 Å². The zero-order valence-electron chi connectivity index (χ0n) is 13.9. The van der Waals surface area contributed by atoms with E-state index in [1.54, 1.807) is 0 Å². The Kier molecular flexibility index (Phi) is 4.63. The van der Waals surface area contributed by atoms with Gasteiger partial charge in [-0.1, -0.05) is 15.9 Å². The number of amides is 1. The van der Waals surface area contributed by atoms with Gasteiger partial charge in [-0.3, -0.25) is 9.59 Å². The number of halogens is 2. The maximum atomic E-state index is 12.8. The first-order valence-corrected chi connectivity index (χ1v) is 10.6. The van der Waals surface area contributed by atoms with Crippen LogP contribution in [-0.4, -0.2) is 22.8 Å². The molecule has 1 aromatic rings. The Morgan fingerprint density at radius 2 is 1.80 bits per heavy atom. The summed E-state index contributed by atoms with van der Waals surface area (Å²) in [6, 6.07) is 7.53. The molecule has 0 radical (unpaired) electrons. The van der Waals surface area contributed by atoms with E-state index in [9.17, 15) is 9.59 Å². The van der Waals surface area contributed by atoms with Crippen molar-refractivity contribution in [1.82, 2.24) is 0 Å². The Morgan fingerprint density at radius 1 is 1.16 bits per heavy atom. The fraction of sp³-hybridized carbons (Fsp3) is 0.579. The van der Waals surface area contributed by atoms with Gasteiger partial charge >= 0.3 is 5.97 Å². The average Bonchev–Trinajstić information content (AvgIpc) is 2.52. The number of hydrogen-bond acceptors (Lipinski definition) is 3. The van der Waals surface area contributed by atoms with E-state index in [1.807, 2.05) is 24.3 Å². The lowest BCUT2D eigenvalue weighted by Gasteiger charge is -2.58. The zero-order valence-corrected chi connectivity index (χ0v) is 17.6. The van der Waals surface area contributed by atoms with E-state index in [1.165, 1.54) is 19.3 Å². The summed E-state index contributed by atoms with van der Waals surface area (Å²) < 4.78 is 6.67. The number of carbonyl (C=O) groups excluding carboxylic acids is 2. The summed E-state index contributed by atoms with van der Waals surface area (Å²) in [7, 11) is 0. The molecule has 1 amide bonds. The van der Waals surface area contributed by atoms with Crippen molar-refractivity contribution in [2.24, 2.45) is 17.3 Å². The molecule has 4 fully saturated rings. The summed E-state index contributed by atoms with van der Waals surface area (Å²) in [5, 5.41) is 2.78. The van der Waals surface area contributed by atoms with Crippen molar-refractivity contribution in [2.75, 3.05) is 11.9 Å². The molecule has 4 nitrogen and oxygen atoms in total. The molecule has 1 N–H and O–H groups in total. The second-order valence-electron chi connectivity index (χ2n) is 8.02. The Balaban J connectivity index is 1.36. The molecule has 134 valence electrons. The van der Waals surface area contributed by atoms with Crippen molar-refractivity contribution in [3.8, 4) is 0 Å². The van der Waals surface area contributed by atoms with E-state index >= 15 is 0 Å². The monoisotopic (exact) mass is 517 g/mol. The van der Waals surface area contributed by atoms with E-state index in [0.717, 1.165) is 28.5 Å². The normalized spacial score (nSPS) is 35.4. The van der Waals surface area contributed by atoms with Gasteiger partial charge in [-0.2, -0.15) is 0 Å². The van der Waals surface area contributed by atoms with Crippen LogP contribution >= 0.6 is 38.5 Å². The van der Waals surface area contributed by atoms with Gasteiger partial charge in [0.25, 0.3) is 5.91 Å². The summed E-state index contributed by atoms with van der Waals surface area (Å²) in [4.78, 5) is 24.9. The quantitative estimate of drug-likeness (QED) is 0.363. The lowest BCUT2D eigenvalue weighted by atomic mass is 9.49. The molecular weight excluding hydrogens is 497 g/mol. The molecule has 0 aliphatic heterocycles. The summed E-state index contributed by atoms with van der Waals surface area (Å²) >= 11 is 6.12. The maximum Gasteiger partial charge on any atom is 0.312 e. The number of rotatable bonds is 4. The van der Waals surface area contributed by atoms with Crippen LogP contribution in [0.2, 0.25) is 0 Å². The third-order valence-corrected chi connectivity index (χ3v) is 7.53. The lowest BCUT2D eigenvalue weighted by Crippen LogP contribution is -2.56. The van der Waals surface area contributed by atoms with Crippen molar-refractivity contribution < 1.29 is 14.3 Å². The van der Waals surface area contributed by atoms with Gasteiger partial charge in [0, 0.05) is 13.6 Å². The molecule has 0 spiro atoms. The second-order valence-corrected chi connectivity index (χ2v) is 11.0. The van der Waals surface area contributed by atoms with Crippen LogP contribution in [0.25, 0.3) is 0 Å². The molecule has 6 heteroatoms. The van der Waals surface area contributed by atoms with Gasteiger partial charge < -0.3 is 10.1 Å². The maximum absolute atomic E-state index is 12.8. The Labute approximate surface area is 169 Å². The van der Waals surface area contributed by atoms with Gasteiger partial charge in [-0.15, -0.1) is 0 Å². The van der Waals surface area contributed by atoms with Crippen LogP contribution in [0.15, 0.2) is 24.3 Å². The smallest absolute Gasteiger partial charge is 0.312 e. The highest BCUT2D eigenvalue weighted by Crippen LogP contribution is 2.64. The molecule has 4 aliphatic carbocycles. The summed E-state index contributed by atoms with van der Waals surface area (Å²) in [6.07, 6.45) is 6.29. The molecule has 1 aromatic carbocycles. The van der Waals surface area contributed by atoms with Gasteiger partial charge in [0.2, 0.25) is 0 Å². The minimum absolute atomic E-state index is 0.111. The van der Waals surface area contributed by atoms with Gasteiger partial charge in [0.05, 0.1) is 5.41 Å². The molecule has 5 rings (SSSR count). The largest absolute Gasteiger partial charge is 0.455 e. The Morgan fingerprint density at radius 3 is 2.40 bits per heavy atom. The van der Waals surface area contributed by atoms with E-state index in [0.29, 0.717) is 11.8 Å². The highest BCUT2D eigenvalue weighted by Gasteiger charge is 2.60.